The molecule has 0 aliphatic carbocycles. The minimum Gasteiger partial charge on any atom is -0.492 e. The third kappa shape index (κ3) is 4.68. The standard InChI is InChI=1S/C19H20Cl2N2O3/c1-4-26-16-8-6-5-7-14(16)22-17(24)19(2,3)18(25)23-15-11-12(20)9-10-13(15)21/h5-11H,4H2,1-3H3,(H,22,24)(H,23,25). The predicted octanol–water partition coefficient (Wildman–Crippen LogP) is 5.00. The molecule has 2 rings (SSSR count). The summed E-state index contributed by atoms with van der Waals surface area (Å²) in [6.45, 7) is 5.37. The molecule has 0 atom stereocenters. The van der Waals surface area contributed by atoms with Gasteiger partial charge in [-0.05, 0) is 51.1 Å². The molecule has 0 bridgehead atoms. The molecule has 0 aromatic heterocycles. The van der Waals surface area contributed by atoms with Crippen molar-refractivity contribution >= 4 is 46.4 Å². The molecule has 0 aliphatic heterocycles. The Kier molecular flexibility index (Phi) is 6.51. The van der Waals surface area contributed by atoms with Crippen molar-refractivity contribution in [3.63, 3.8) is 0 Å². The van der Waals surface area contributed by atoms with Crippen LogP contribution in [0.4, 0.5) is 11.4 Å². The number of ether oxygens (including phenoxy) is 1. The van der Waals surface area contributed by atoms with Gasteiger partial charge in [-0.15, -0.1) is 0 Å². The van der Waals surface area contributed by atoms with E-state index in [9.17, 15) is 9.59 Å². The number of rotatable bonds is 6. The molecule has 0 spiro atoms. The third-order valence-electron chi connectivity index (χ3n) is 3.75. The van der Waals surface area contributed by atoms with Gasteiger partial charge in [0.05, 0.1) is 23.0 Å². The van der Waals surface area contributed by atoms with Crippen molar-refractivity contribution in [2.45, 2.75) is 20.8 Å². The number of nitrogens with one attached hydrogen (secondary N) is 2. The fourth-order valence-electron chi connectivity index (χ4n) is 2.10. The van der Waals surface area contributed by atoms with Crippen LogP contribution in [0.1, 0.15) is 20.8 Å². The van der Waals surface area contributed by atoms with Gasteiger partial charge in [0, 0.05) is 5.02 Å². The Labute approximate surface area is 162 Å². The Bertz CT molecular complexity index is 822. The van der Waals surface area contributed by atoms with E-state index in [-0.39, 0.29) is 0 Å². The smallest absolute Gasteiger partial charge is 0.239 e. The van der Waals surface area contributed by atoms with Crippen LogP contribution in [-0.4, -0.2) is 18.4 Å². The quantitative estimate of drug-likeness (QED) is 0.677. The predicted molar refractivity (Wildman–Crippen MR) is 105 cm³/mol. The van der Waals surface area contributed by atoms with Crippen LogP contribution in [0.5, 0.6) is 5.75 Å². The van der Waals surface area contributed by atoms with Crippen LogP contribution >= 0.6 is 23.2 Å². The highest BCUT2D eigenvalue weighted by Crippen LogP contribution is 2.30. The van der Waals surface area contributed by atoms with E-state index in [0.29, 0.717) is 33.8 Å². The first kappa shape index (κ1) is 20.1. The lowest BCUT2D eigenvalue weighted by Crippen LogP contribution is -2.41. The Morgan fingerprint density at radius 1 is 1.00 bits per heavy atom. The topological polar surface area (TPSA) is 67.4 Å². The molecular formula is C19H20Cl2N2O3. The number of para-hydroxylation sites is 2. The summed E-state index contributed by atoms with van der Waals surface area (Å²) >= 11 is 12.0. The van der Waals surface area contributed by atoms with Crippen LogP contribution in [0.2, 0.25) is 10.0 Å². The van der Waals surface area contributed by atoms with Crippen LogP contribution in [0.25, 0.3) is 0 Å². The van der Waals surface area contributed by atoms with Crippen LogP contribution in [0.15, 0.2) is 42.5 Å². The highest BCUT2D eigenvalue weighted by Gasteiger charge is 2.36. The molecule has 2 amide bonds. The van der Waals surface area contributed by atoms with E-state index in [1.807, 2.05) is 6.92 Å². The lowest BCUT2D eigenvalue weighted by molar-refractivity contribution is -0.135. The van der Waals surface area contributed by atoms with Gasteiger partial charge in [-0.2, -0.15) is 0 Å². The second kappa shape index (κ2) is 8.43. The van der Waals surface area contributed by atoms with Crippen LogP contribution in [0, 0.1) is 5.41 Å². The summed E-state index contributed by atoms with van der Waals surface area (Å²) in [5.74, 6) is -0.439. The summed E-state index contributed by atoms with van der Waals surface area (Å²) in [7, 11) is 0. The minimum atomic E-state index is -1.36. The Morgan fingerprint density at radius 2 is 1.62 bits per heavy atom. The van der Waals surface area contributed by atoms with E-state index in [2.05, 4.69) is 10.6 Å². The van der Waals surface area contributed by atoms with Gasteiger partial charge in [-0.3, -0.25) is 9.59 Å². The van der Waals surface area contributed by atoms with Crippen molar-refractivity contribution in [1.29, 1.82) is 0 Å². The fourth-order valence-corrected chi connectivity index (χ4v) is 2.44. The molecule has 2 aromatic rings. The molecule has 0 saturated heterocycles. The Balaban J connectivity index is 2.16. The molecule has 0 fully saturated rings. The van der Waals surface area contributed by atoms with Crippen LogP contribution in [0.3, 0.4) is 0 Å². The molecular weight excluding hydrogens is 375 g/mol. The van der Waals surface area contributed by atoms with E-state index < -0.39 is 17.2 Å². The summed E-state index contributed by atoms with van der Waals surface area (Å²) < 4.78 is 5.49. The van der Waals surface area contributed by atoms with Gasteiger partial charge in [0.1, 0.15) is 11.2 Å². The summed E-state index contributed by atoms with van der Waals surface area (Å²) in [5, 5.41) is 6.16. The lowest BCUT2D eigenvalue weighted by atomic mass is 9.90. The van der Waals surface area contributed by atoms with E-state index in [1.54, 1.807) is 36.4 Å². The van der Waals surface area contributed by atoms with Gasteiger partial charge >= 0.3 is 0 Å². The maximum atomic E-state index is 12.7. The first-order chi connectivity index (χ1) is 12.3. The van der Waals surface area contributed by atoms with Crippen molar-refractivity contribution in [2.75, 3.05) is 17.2 Å². The SMILES string of the molecule is CCOc1ccccc1NC(=O)C(C)(C)C(=O)Nc1cc(Cl)ccc1Cl. The Morgan fingerprint density at radius 3 is 2.27 bits per heavy atom. The average Bonchev–Trinajstić information content (AvgIpc) is 2.60. The molecule has 2 N–H and O–H groups in total. The lowest BCUT2D eigenvalue weighted by Gasteiger charge is -2.23. The highest BCUT2D eigenvalue weighted by molar-refractivity contribution is 6.36. The number of benzene rings is 2. The maximum Gasteiger partial charge on any atom is 0.239 e. The normalized spacial score (nSPS) is 11.0. The number of halogens is 2. The molecule has 138 valence electrons. The van der Waals surface area contributed by atoms with Crippen molar-refractivity contribution in [2.24, 2.45) is 5.41 Å². The van der Waals surface area contributed by atoms with Crippen LogP contribution in [-0.2, 0) is 9.59 Å². The molecule has 0 radical (unpaired) electrons. The largest absolute Gasteiger partial charge is 0.492 e. The van der Waals surface area contributed by atoms with Gasteiger partial charge in [0.15, 0.2) is 0 Å². The van der Waals surface area contributed by atoms with Crippen LogP contribution < -0.4 is 15.4 Å². The number of hydrogen-bond donors (Lipinski definition) is 2. The minimum absolute atomic E-state index is 0.334. The zero-order valence-corrected chi connectivity index (χ0v) is 16.2. The zero-order chi connectivity index (χ0) is 19.3. The molecule has 7 heteroatoms. The van der Waals surface area contributed by atoms with Gasteiger partial charge in [-0.1, -0.05) is 35.3 Å². The summed E-state index contributed by atoms with van der Waals surface area (Å²) in [6, 6.07) is 11.8. The van der Waals surface area contributed by atoms with Crippen molar-refractivity contribution in [3.8, 4) is 5.75 Å². The molecule has 5 nitrogen and oxygen atoms in total. The molecule has 2 aromatic carbocycles. The number of amides is 2. The van der Waals surface area contributed by atoms with Crippen molar-refractivity contribution in [1.82, 2.24) is 0 Å². The molecule has 0 heterocycles. The average molecular weight is 395 g/mol. The maximum absolute atomic E-state index is 12.7. The monoisotopic (exact) mass is 394 g/mol. The second-order valence-electron chi connectivity index (χ2n) is 6.09. The van der Waals surface area contributed by atoms with Crippen molar-refractivity contribution in [3.05, 3.63) is 52.5 Å². The number of carbonyl (C=O) groups excluding carboxylic acids is 2. The number of carbonyl (C=O) groups is 2. The van der Waals surface area contributed by atoms with E-state index in [1.165, 1.54) is 19.9 Å². The van der Waals surface area contributed by atoms with Gasteiger partial charge in [-0.25, -0.2) is 0 Å². The Hall–Kier alpha value is -2.24. The van der Waals surface area contributed by atoms with Gasteiger partial charge < -0.3 is 15.4 Å². The van der Waals surface area contributed by atoms with E-state index >= 15 is 0 Å². The second-order valence-corrected chi connectivity index (χ2v) is 6.93. The molecule has 0 unspecified atom stereocenters. The van der Waals surface area contributed by atoms with E-state index in [0.717, 1.165) is 0 Å². The molecule has 0 saturated carbocycles. The summed E-state index contributed by atoms with van der Waals surface area (Å²) in [6.07, 6.45) is 0. The van der Waals surface area contributed by atoms with Gasteiger partial charge in [0.25, 0.3) is 0 Å². The molecule has 0 aliphatic rings. The highest BCUT2D eigenvalue weighted by atomic mass is 35.5. The third-order valence-corrected chi connectivity index (χ3v) is 4.31. The zero-order valence-electron chi connectivity index (χ0n) is 14.7. The van der Waals surface area contributed by atoms with Crippen molar-refractivity contribution < 1.29 is 14.3 Å². The molecule has 26 heavy (non-hydrogen) atoms. The number of hydrogen-bond acceptors (Lipinski definition) is 3. The van der Waals surface area contributed by atoms with E-state index in [4.69, 9.17) is 27.9 Å². The van der Waals surface area contributed by atoms with Gasteiger partial charge in [0.2, 0.25) is 11.8 Å². The summed E-state index contributed by atoms with van der Waals surface area (Å²) in [5.41, 5.74) is -0.508. The summed E-state index contributed by atoms with van der Waals surface area (Å²) in [4.78, 5) is 25.3. The fraction of sp³-hybridized carbons (Fsp3) is 0.263. The number of anilines is 2. The first-order valence-corrected chi connectivity index (χ1v) is 8.81. The first-order valence-electron chi connectivity index (χ1n) is 8.05.